The van der Waals surface area contributed by atoms with Crippen LogP contribution in [0.3, 0.4) is 0 Å². The summed E-state index contributed by atoms with van der Waals surface area (Å²) in [5, 5.41) is 0. The summed E-state index contributed by atoms with van der Waals surface area (Å²) in [4.78, 5) is 29.6. The van der Waals surface area contributed by atoms with Gasteiger partial charge in [0.15, 0.2) is 0 Å². The highest BCUT2D eigenvalue weighted by Crippen LogP contribution is 2.44. The van der Waals surface area contributed by atoms with Gasteiger partial charge in [-0.3, -0.25) is 4.90 Å². The van der Waals surface area contributed by atoms with Gasteiger partial charge in [-0.2, -0.15) is 26.3 Å². The standard InChI is InChI=1S/C31H31F6N5O4/c1-4-22-15-24(27-23(7-9-26(40-27)44-3)42(22)29(43)45-5-2)41(25-8-6-19(16-39-25)28-38-10-11-46-28)17-18-12-20(30(32,33)34)14-21(13-18)31(35,36)37/h6-9,12-14,16,22,24H,4-5,10-11,15,17H2,1-3H3/t22-,24?/m1/s1. The van der Waals surface area contributed by atoms with Crippen LogP contribution in [-0.2, 0) is 28.4 Å². The van der Waals surface area contributed by atoms with E-state index in [-0.39, 0.29) is 36.4 Å². The molecule has 2 atom stereocenters. The van der Waals surface area contributed by atoms with E-state index in [0.717, 1.165) is 0 Å². The molecular weight excluding hydrogens is 620 g/mol. The first kappa shape index (κ1) is 32.8. The molecule has 0 N–H and O–H groups in total. The van der Waals surface area contributed by atoms with Crippen molar-refractivity contribution in [1.82, 2.24) is 9.97 Å². The van der Waals surface area contributed by atoms with Crippen molar-refractivity contribution in [2.75, 3.05) is 36.7 Å². The number of amides is 1. The van der Waals surface area contributed by atoms with E-state index in [1.165, 1.54) is 18.2 Å². The second-order valence-corrected chi connectivity index (χ2v) is 10.6. The number of nitrogens with zero attached hydrogens (tertiary/aromatic N) is 5. The van der Waals surface area contributed by atoms with Gasteiger partial charge in [0.1, 0.15) is 12.4 Å². The van der Waals surface area contributed by atoms with E-state index in [4.69, 9.17) is 14.2 Å². The van der Waals surface area contributed by atoms with Crippen LogP contribution >= 0.6 is 0 Å². The van der Waals surface area contributed by atoms with E-state index in [9.17, 15) is 31.1 Å². The van der Waals surface area contributed by atoms with E-state index >= 15 is 0 Å². The maximum atomic E-state index is 13.8. The van der Waals surface area contributed by atoms with Crippen LogP contribution in [0.15, 0.2) is 53.7 Å². The number of halogens is 6. The van der Waals surface area contributed by atoms with Gasteiger partial charge in [0.2, 0.25) is 11.8 Å². The Kier molecular flexibility index (Phi) is 9.31. The normalized spacial score (nSPS) is 18.0. The Morgan fingerprint density at radius 2 is 1.76 bits per heavy atom. The Bertz CT molecular complexity index is 1560. The van der Waals surface area contributed by atoms with Crippen LogP contribution in [0, 0.1) is 0 Å². The van der Waals surface area contributed by atoms with Gasteiger partial charge in [0, 0.05) is 24.8 Å². The lowest BCUT2D eigenvalue weighted by atomic mass is 9.91. The number of alkyl halides is 6. The summed E-state index contributed by atoms with van der Waals surface area (Å²) < 4.78 is 99.1. The number of rotatable bonds is 8. The maximum absolute atomic E-state index is 13.8. The van der Waals surface area contributed by atoms with Gasteiger partial charge in [-0.05, 0) is 61.7 Å². The molecule has 1 amide bonds. The summed E-state index contributed by atoms with van der Waals surface area (Å²) >= 11 is 0. The zero-order chi connectivity index (χ0) is 33.2. The number of hydrogen-bond acceptors (Lipinski definition) is 8. The molecule has 0 aliphatic carbocycles. The predicted octanol–water partition coefficient (Wildman–Crippen LogP) is 7.19. The van der Waals surface area contributed by atoms with Crippen molar-refractivity contribution in [1.29, 1.82) is 0 Å². The summed E-state index contributed by atoms with van der Waals surface area (Å²) in [7, 11) is 1.40. The largest absolute Gasteiger partial charge is 0.481 e. The second-order valence-electron chi connectivity index (χ2n) is 10.6. The molecule has 0 saturated carbocycles. The average Bonchev–Trinajstić information content (AvgIpc) is 3.57. The lowest BCUT2D eigenvalue weighted by Gasteiger charge is -2.43. The molecular formula is C31H31F6N5O4. The second kappa shape index (κ2) is 13.0. The van der Waals surface area contributed by atoms with Crippen molar-refractivity contribution in [2.24, 2.45) is 4.99 Å². The number of fused-ring (bicyclic) bond motifs is 1. The van der Waals surface area contributed by atoms with E-state index < -0.39 is 48.2 Å². The monoisotopic (exact) mass is 651 g/mol. The summed E-state index contributed by atoms with van der Waals surface area (Å²) in [5.74, 6) is 0.817. The van der Waals surface area contributed by atoms with Crippen molar-refractivity contribution in [3.8, 4) is 5.88 Å². The molecule has 15 heteroatoms. The molecule has 1 aromatic carbocycles. The summed E-state index contributed by atoms with van der Waals surface area (Å²) in [6, 6.07) is 6.71. The number of benzene rings is 1. The van der Waals surface area contributed by atoms with Crippen molar-refractivity contribution in [3.63, 3.8) is 0 Å². The first-order chi connectivity index (χ1) is 21.8. The first-order valence-corrected chi connectivity index (χ1v) is 14.5. The molecule has 4 heterocycles. The van der Waals surface area contributed by atoms with Gasteiger partial charge in [-0.15, -0.1) is 0 Å². The molecule has 0 radical (unpaired) electrons. The molecule has 246 valence electrons. The Balaban J connectivity index is 1.67. The highest BCUT2D eigenvalue weighted by atomic mass is 19.4. The molecule has 1 unspecified atom stereocenters. The SMILES string of the molecule is CCOC(=O)N1c2ccc(OC)nc2C(N(Cc2cc(C(F)(F)F)cc(C(F)(F)F)c2)c2ccc(C3=NCCO3)cn2)C[C@H]1CC. The Morgan fingerprint density at radius 1 is 1.04 bits per heavy atom. The predicted molar refractivity (Wildman–Crippen MR) is 156 cm³/mol. The van der Waals surface area contributed by atoms with Crippen LogP contribution in [0.1, 0.15) is 60.7 Å². The van der Waals surface area contributed by atoms with E-state index in [1.54, 1.807) is 36.1 Å². The van der Waals surface area contributed by atoms with Gasteiger partial charge in [0.05, 0.1) is 54.4 Å². The van der Waals surface area contributed by atoms with Crippen LogP contribution in [-0.4, -0.2) is 54.9 Å². The van der Waals surface area contributed by atoms with Crippen LogP contribution in [0.25, 0.3) is 0 Å². The molecule has 2 aliphatic heterocycles. The minimum Gasteiger partial charge on any atom is -0.481 e. The van der Waals surface area contributed by atoms with Crippen molar-refractivity contribution >= 4 is 23.5 Å². The Morgan fingerprint density at radius 3 is 2.30 bits per heavy atom. The van der Waals surface area contributed by atoms with Crippen LogP contribution in [0.5, 0.6) is 5.88 Å². The Hall–Kier alpha value is -4.56. The number of anilines is 2. The summed E-state index contributed by atoms with van der Waals surface area (Å²) in [6.07, 6.45) is -8.53. The molecule has 0 fully saturated rings. The highest BCUT2D eigenvalue weighted by molar-refractivity contribution is 5.94. The lowest BCUT2D eigenvalue weighted by molar-refractivity contribution is -0.143. The molecule has 5 rings (SSSR count). The third-order valence-corrected chi connectivity index (χ3v) is 7.71. The summed E-state index contributed by atoms with van der Waals surface area (Å²) in [5.41, 5.74) is -1.86. The smallest absolute Gasteiger partial charge is 0.416 e. The first-order valence-electron chi connectivity index (χ1n) is 14.5. The molecule has 3 aromatic rings. The summed E-state index contributed by atoms with van der Waals surface area (Å²) in [6.45, 7) is 4.11. The Labute approximate surface area is 260 Å². The number of carbonyl (C=O) groups excluding carboxylic acids is 1. The van der Waals surface area contributed by atoms with Crippen molar-refractivity contribution < 1.29 is 45.3 Å². The molecule has 9 nitrogen and oxygen atoms in total. The number of aromatic nitrogens is 2. The van der Waals surface area contributed by atoms with Crippen molar-refractivity contribution in [3.05, 3.63) is 76.6 Å². The van der Waals surface area contributed by atoms with Gasteiger partial charge < -0.3 is 19.1 Å². The van der Waals surface area contributed by atoms with Crippen LogP contribution in [0.4, 0.5) is 42.6 Å². The number of ether oxygens (including phenoxy) is 3. The number of aliphatic imine (C=N–C) groups is 1. The highest BCUT2D eigenvalue weighted by Gasteiger charge is 2.42. The van der Waals surface area contributed by atoms with Gasteiger partial charge in [-0.25, -0.2) is 19.8 Å². The average molecular weight is 652 g/mol. The van der Waals surface area contributed by atoms with Crippen LogP contribution < -0.4 is 14.5 Å². The topological polar surface area (TPSA) is 89.4 Å². The molecule has 0 saturated heterocycles. The number of carbonyl (C=O) groups is 1. The van der Waals surface area contributed by atoms with E-state index in [0.29, 0.717) is 54.5 Å². The van der Waals surface area contributed by atoms with Crippen molar-refractivity contribution in [2.45, 2.75) is 57.7 Å². The molecule has 2 aliphatic rings. The fourth-order valence-corrected chi connectivity index (χ4v) is 5.60. The fraction of sp³-hybridized carbons (Fsp3) is 0.419. The molecule has 0 spiro atoms. The number of methoxy groups -OCH3 is 1. The molecule has 2 aromatic heterocycles. The third-order valence-electron chi connectivity index (χ3n) is 7.71. The minimum atomic E-state index is -5.03. The zero-order valence-electron chi connectivity index (χ0n) is 25.2. The molecule has 0 bridgehead atoms. The van der Waals surface area contributed by atoms with Crippen LogP contribution in [0.2, 0.25) is 0 Å². The van der Waals surface area contributed by atoms with Gasteiger partial charge in [0.25, 0.3) is 0 Å². The zero-order valence-corrected chi connectivity index (χ0v) is 25.2. The van der Waals surface area contributed by atoms with E-state index in [2.05, 4.69) is 15.0 Å². The quantitative estimate of drug-likeness (QED) is 0.238. The lowest BCUT2D eigenvalue weighted by Crippen LogP contribution is -2.48. The maximum Gasteiger partial charge on any atom is 0.416 e. The fourth-order valence-electron chi connectivity index (χ4n) is 5.60. The van der Waals surface area contributed by atoms with E-state index in [1.807, 2.05) is 6.92 Å². The number of pyridine rings is 2. The third kappa shape index (κ3) is 6.82. The minimum absolute atomic E-state index is 0.0931. The molecule has 46 heavy (non-hydrogen) atoms. The number of hydrogen-bond donors (Lipinski definition) is 0. The van der Waals surface area contributed by atoms with Gasteiger partial charge >= 0.3 is 18.4 Å². The van der Waals surface area contributed by atoms with Gasteiger partial charge in [-0.1, -0.05) is 6.92 Å².